The minimum absolute atomic E-state index is 0.105. The van der Waals surface area contributed by atoms with E-state index in [4.69, 9.17) is 14.5 Å². The summed E-state index contributed by atoms with van der Waals surface area (Å²) in [4.78, 5) is 19.5. The summed E-state index contributed by atoms with van der Waals surface area (Å²) < 4.78 is 43.6. The molecule has 0 saturated carbocycles. The lowest BCUT2D eigenvalue weighted by Gasteiger charge is -2.15. The van der Waals surface area contributed by atoms with E-state index in [-0.39, 0.29) is 23.6 Å². The zero-order valence-corrected chi connectivity index (χ0v) is 21.8. The van der Waals surface area contributed by atoms with Gasteiger partial charge in [0.25, 0.3) is 0 Å². The number of alkyl halides is 3. The number of nitrogens with one attached hydrogen (secondary N) is 1. The van der Waals surface area contributed by atoms with Crippen molar-refractivity contribution >= 4 is 17.8 Å². The first kappa shape index (κ1) is 29.9. The van der Waals surface area contributed by atoms with Crippen LogP contribution in [-0.2, 0) is 21.1 Å². The lowest BCUT2D eigenvalue weighted by atomic mass is 10.00. The number of hydrogen-bond acceptors (Lipinski definition) is 6. The van der Waals surface area contributed by atoms with Gasteiger partial charge in [0.05, 0.1) is 11.4 Å². The Balaban J connectivity index is 0.00000118. The Kier molecular flexibility index (Phi) is 11.3. The number of nitrogens with zero attached hydrogens (tertiary/aromatic N) is 2. The van der Waals surface area contributed by atoms with E-state index < -0.39 is 6.36 Å². The Hall–Kier alpha value is -4.34. The fraction of sp³-hybridized carbons (Fsp3) is 0.250. The number of carbonyl (C=O) groups excluding carboxylic acids is 1. The average molecular weight is 530 g/mol. The van der Waals surface area contributed by atoms with Crippen LogP contribution in [0.3, 0.4) is 0 Å². The van der Waals surface area contributed by atoms with Gasteiger partial charge in [-0.25, -0.2) is 0 Å². The molecule has 202 valence electrons. The summed E-state index contributed by atoms with van der Waals surface area (Å²) in [6.45, 7) is 5.41. The average Bonchev–Trinajstić information content (AvgIpc) is 2.89. The van der Waals surface area contributed by atoms with Crippen molar-refractivity contribution < 1.29 is 32.4 Å². The summed E-state index contributed by atoms with van der Waals surface area (Å²) in [6.07, 6.45) is -4.22. The molecule has 3 rings (SSSR count). The van der Waals surface area contributed by atoms with Crippen LogP contribution in [0.5, 0.6) is 5.75 Å². The molecule has 0 aliphatic heterocycles. The molecule has 0 fully saturated rings. The van der Waals surface area contributed by atoms with E-state index >= 15 is 0 Å². The van der Waals surface area contributed by atoms with Gasteiger partial charge >= 0.3 is 6.36 Å². The second-order valence-corrected chi connectivity index (χ2v) is 7.94. The van der Waals surface area contributed by atoms with Crippen molar-refractivity contribution in [1.29, 1.82) is 0 Å². The van der Waals surface area contributed by atoms with E-state index in [1.807, 2.05) is 62.4 Å². The monoisotopic (exact) mass is 529 g/mol. The fourth-order valence-electron chi connectivity index (χ4n) is 3.50. The molecule has 0 spiro atoms. The number of amides is 1. The first-order valence-corrected chi connectivity index (χ1v) is 11.5. The second kappa shape index (κ2) is 14.4. The highest BCUT2D eigenvalue weighted by atomic mass is 19.4. The maximum atomic E-state index is 13.1. The summed E-state index contributed by atoms with van der Waals surface area (Å²) in [7, 11) is 3.03. The molecule has 38 heavy (non-hydrogen) atoms. The Morgan fingerprint density at radius 3 is 2.18 bits per heavy atom. The van der Waals surface area contributed by atoms with Crippen LogP contribution in [0.4, 0.5) is 13.2 Å². The summed E-state index contributed by atoms with van der Waals surface area (Å²) in [5, 5.41) is 10.3. The van der Waals surface area contributed by atoms with E-state index in [0.29, 0.717) is 17.7 Å². The Bertz CT molecular complexity index is 1260. The lowest BCUT2D eigenvalue weighted by molar-refractivity contribution is -0.274. The van der Waals surface area contributed by atoms with Crippen LogP contribution in [0.1, 0.15) is 36.1 Å². The van der Waals surface area contributed by atoms with Crippen molar-refractivity contribution in [2.75, 3.05) is 14.2 Å². The molecule has 0 aliphatic carbocycles. The van der Waals surface area contributed by atoms with E-state index in [1.54, 1.807) is 26.1 Å². The minimum Gasteiger partial charge on any atom is -0.405 e. The topological polar surface area (TPSA) is 81.5 Å². The van der Waals surface area contributed by atoms with E-state index in [1.165, 1.54) is 13.2 Å². The molecule has 0 aromatic heterocycles. The molecule has 7 nitrogen and oxygen atoms in total. The fourth-order valence-corrected chi connectivity index (χ4v) is 3.50. The van der Waals surface area contributed by atoms with Crippen LogP contribution in [0, 0.1) is 6.92 Å². The number of benzene rings is 3. The Morgan fingerprint density at radius 1 is 0.921 bits per heavy atom. The number of halogens is 3. The third kappa shape index (κ3) is 8.95. The van der Waals surface area contributed by atoms with Gasteiger partial charge in [-0.2, -0.15) is 0 Å². The first-order valence-electron chi connectivity index (χ1n) is 11.5. The second-order valence-electron chi connectivity index (χ2n) is 7.94. The predicted molar refractivity (Wildman–Crippen MR) is 141 cm³/mol. The van der Waals surface area contributed by atoms with Crippen LogP contribution in [0.15, 0.2) is 77.0 Å². The van der Waals surface area contributed by atoms with Gasteiger partial charge in [0.15, 0.2) is 0 Å². The zero-order chi connectivity index (χ0) is 28.1. The van der Waals surface area contributed by atoms with Crippen LogP contribution >= 0.6 is 0 Å². The number of hydrogen-bond donors (Lipinski definition) is 1. The van der Waals surface area contributed by atoms with Gasteiger partial charge in [-0.05, 0) is 49.6 Å². The molecule has 0 unspecified atom stereocenters. The molecule has 1 amide bonds. The number of rotatable bonds is 9. The van der Waals surface area contributed by atoms with E-state index in [2.05, 4.69) is 20.4 Å². The molecule has 10 heteroatoms. The van der Waals surface area contributed by atoms with Crippen molar-refractivity contribution in [2.24, 2.45) is 10.3 Å². The minimum atomic E-state index is -4.85. The molecule has 0 radical (unpaired) electrons. The van der Waals surface area contributed by atoms with Gasteiger partial charge in [0, 0.05) is 23.7 Å². The molecular weight excluding hydrogens is 499 g/mol. The van der Waals surface area contributed by atoms with Gasteiger partial charge in [0.2, 0.25) is 6.41 Å². The molecule has 3 aromatic rings. The number of aryl methyl sites for hydroxylation is 1. The van der Waals surface area contributed by atoms with Gasteiger partial charge < -0.3 is 19.7 Å². The number of carbonyl (C=O) groups is 1. The van der Waals surface area contributed by atoms with Gasteiger partial charge in [-0.3, -0.25) is 4.79 Å². The maximum absolute atomic E-state index is 13.1. The molecule has 0 saturated heterocycles. The molecule has 3 aromatic carbocycles. The largest absolute Gasteiger partial charge is 0.573 e. The molecule has 1 N–H and O–H groups in total. The van der Waals surface area contributed by atoms with E-state index in [9.17, 15) is 13.2 Å². The Labute approximate surface area is 219 Å². The normalized spacial score (nSPS) is 11.7. The third-order valence-electron chi connectivity index (χ3n) is 5.26. The van der Waals surface area contributed by atoms with Gasteiger partial charge in [0.1, 0.15) is 19.5 Å². The van der Waals surface area contributed by atoms with Crippen molar-refractivity contribution in [1.82, 2.24) is 5.32 Å². The summed E-state index contributed by atoms with van der Waals surface area (Å²) in [5.74, 6) is -0.349. The van der Waals surface area contributed by atoms with Gasteiger partial charge in [-0.15, -0.1) is 13.2 Å². The highest BCUT2D eigenvalue weighted by Gasteiger charge is 2.32. The van der Waals surface area contributed by atoms with Gasteiger partial charge in [-0.1, -0.05) is 64.9 Å². The molecule has 0 atom stereocenters. The number of ether oxygens (including phenoxy) is 1. The van der Waals surface area contributed by atoms with Crippen LogP contribution < -0.4 is 10.1 Å². The molecular formula is C28H30F3N3O4. The molecule has 0 heterocycles. The molecule has 0 aliphatic rings. The highest BCUT2D eigenvalue weighted by Crippen LogP contribution is 2.32. The predicted octanol–water partition coefficient (Wildman–Crippen LogP) is 6.23. The quantitative estimate of drug-likeness (QED) is 0.202. The summed E-state index contributed by atoms with van der Waals surface area (Å²) in [6, 6.07) is 19.4. The summed E-state index contributed by atoms with van der Waals surface area (Å²) in [5.41, 5.74) is 5.11. The summed E-state index contributed by atoms with van der Waals surface area (Å²) >= 11 is 0. The van der Waals surface area contributed by atoms with Crippen molar-refractivity contribution in [3.8, 4) is 16.9 Å². The Morgan fingerprint density at radius 2 is 1.58 bits per heavy atom. The SMILES string of the molecule is CNC=O.CO/N=C(/C)c1cccc(C)c1CO/N=C(\C)c1ccc(-c2ccccc2)cc1OC(F)(F)F. The number of oxime groups is 2. The van der Waals surface area contributed by atoms with Crippen molar-refractivity contribution in [3.63, 3.8) is 0 Å². The van der Waals surface area contributed by atoms with Crippen LogP contribution in [-0.4, -0.2) is 38.4 Å². The standard InChI is InChI=1S/C26H25F3N2O3.C2H5NO/c1-17-9-8-12-22(18(2)30-32-4)24(17)16-33-31-19(3)23-14-13-21(20-10-6-5-7-11-20)15-25(23)34-26(27,28)29;1-3-2-4/h5-15H,16H2,1-4H3;2H,1H3,(H,3,4)/b30-18-,31-19+;. The van der Waals surface area contributed by atoms with E-state index in [0.717, 1.165) is 22.3 Å². The third-order valence-corrected chi connectivity index (χ3v) is 5.26. The lowest BCUT2D eigenvalue weighted by Crippen LogP contribution is -2.19. The first-order chi connectivity index (χ1) is 18.1. The zero-order valence-electron chi connectivity index (χ0n) is 21.8. The smallest absolute Gasteiger partial charge is 0.405 e. The van der Waals surface area contributed by atoms with Crippen LogP contribution in [0.25, 0.3) is 11.1 Å². The highest BCUT2D eigenvalue weighted by molar-refractivity contribution is 6.01. The van der Waals surface area contributed by atoms with Crippen molar-refractivity contribution in [2.45, 2.75) is 33.7 Å². The maximum Gasteiger partial charge on any atom is 0.573 e. The van der Waals surface area contributed by atoms with Crippen molar-refractivity contribution in [3.05, 3.63) is 89.0 Å². The van der Waals surface area contributed by atoms with Crippen LogP contribution in [0.2, 0.25) is 0 Å². The molecule has 0 bridgehead atoms.